The molecule has 0 atom stereocenters. The van der Waals surface area contributed by atoms with Gasteiger partial charge in [0.25, 0.3) is 0 Å². The van der Waals surface area contributed by atoms with Gasteiger partial charge in [0, 0.05) is 12.4 Å². The molecular weight excluding hydrogens is 160 g/mol. The van der Waals surface area contributed by atoms with Crippen molar-refractivity contribution in [3.05, 3.63) is 42.6 Å². The fourth-order valence-corrected chi connectivity index (χ4v) is 1.11. The van der Waals surface area contributed by atoms with E-state index in [0.29, 0.717) is 0 Å². The Morgan fingerprint density at radius 1 is 1.46 bits per heavy atom. The van der Waals surface area contributed by atoms with E-state index < -0.39 is 0 Å². The molecule has 0 heterocycles. The van der Waals surface area contributed by atoms with Crippen LogP contribution in [0.4, 0.5) is 5.69 Å². The highest BCUT2D eigenvalue weighted by atomic mass is 15.4. The van der Waals surface area contributed by atoms with E-state index in [2.05, 4.69) is 30.7 Å². The predicted octanol–water partition coefficient (Wildman–Crippen LogP) is 2.95. The van der Waals surface area contributed by atoms with Crippen LogP contribution in [0.2, 0.25) is 0 Å². The second-order valence-electron chi connectivity index (χ2n) is 2.74. The molecule has 0 amide bonds. The van der Waals surface area contributed by atoms with E-state index in [4.69, 9.17) is 0 Å². The molecule has 0 unspecified atom stereocenters. The van der Waals surface area contributed by atoms with Crippen molar-refractivity contribution < 1.29 is 0 Å². The zero-order valence-corrected chi connectivity index (χ0v) is 8.07. The van der Waals surface area contributed by atoms with Crippen LogP contribution in [0, 0.1) is 6.92 Å². The van der Waals surface area contributed by atoms with E-state index in [1.165, 1.54) is 5.56 Å². The van der Waals surface area contributed by atoms with Crippen molar-refractivity contribution in [3.8, 4) is 0 Å². The van der Waals surface area contributed by atoms with Gasteiger partial charge in [-0.15, -0.1) is 0 Å². The molecule has 0 radical (unpaired) electrons. The van der Waals surface area contributed by atoms with E-state index in [1.54, 1.807) is 17.4 Å². The number of hydrazone groups is 1. The first-order chi connectivity index (χ1) is 6.27. The average molecular weight is 174 g/mol. The molecule has 13 heavy (non-hydrogen) atoms. The van der Waals surface area contributed by atoms with Crippen LogP contribution in [-0.2, 0) is 0 Å². The lowest BCUT2D eigenvalue weighted by molar-refractivity contribution is 1.08. The summed E-state index contributed by atoms with van der Waals surface area (Å²) in [4.78, 5) is 0. The van der Waals surface area contributed by atoms with Crippen molar-refractivity contribution in [1.82, 2.24) is 0 Å². The number of anilines is 1. The first kappa shape index (κ1) is 9.52. The first-order valence-electron chi connectivity index (χ1n) is 4.25. The lowest BCUT2D eigenvalue weighted by Gasteiger charge is -2.13. The SMILES string of the molecule is C=CN(/N=C\C)c1cccc(C)c1. The van der Waals surface area contributed by atoms with Gasteiger partial charge >= 0.3 is 0 Å². The third-order valence-corrected chi connectivity index (χ3v) is 1.68. The van der Waals surface area contributed by atoms with Gasteiger partial charge < -0.3 is 0 Å². The summed E-state index contributed by atoms with van der Waals surface area (Å²) in [5.41, 5.74) is 2.25. The molecule has 2 nitrogen and oxygen atoms in total. The summed E-state index contributed by atoms with van der Waals surface area (Å²) < 4.78 is 0. The topological polar surface area (TPSA) is 15.6 Å². The highest BCUT2D eigenvalue weighted by molar-refractivity contribution is 5.59. The standard InChI is InChI=1S/C11H14N2/c1-4-12-13(5-2)11-8-6-7-10(3)9-11/h4-9H,2H2,1,3H3/b12-4-. The maximum Gasteiger partial charge on any atom is 0.0647 e. The second kappa shape index (κ2) is 4.45. The van der Waals surface area contributed by atoms with E-state index in [0.717, 1.165) is 5.69 Å². The Morgan fingerprint density at radius 2 is 2.23 bits per heavy atom. The monoisotopic (exact) mass is 174 g/mol. The summed E-state index contributed by atoms with van der Waals surface area (Å²) in [7, 11) is 0. The molecule has 0 bridgehead atoms. The Kier molecular flexibility index (Phi) is 3.26. The molecule has 0 saturated heterocycles. The van der Waals surface area contributed by atoms with E-state index >= 15 is 0 Å². The molecule has 0 spiro atoms. The zero-order chi connectivity index (χ0) is 9.68. The van der Waals surface area contributed by atoms with Gasteiger partial charge in [-0.25, -0.2) is 5.01 Å². The number of benzene rings is 1. The van der Waals surface area contributed by atoms with Crippen molar-refractivity contribution in [1.29, 1.82) is 0 Å². The summed E-state index contributed by atoms with van der Waals surface area (Å²) in [5.74, 6) is 0. The minimum atomic E-state index is 1.04. The molecule has 2 heteroatoms. The van der Waals surface area contributed by atoms with Crippen LogP contribution < -0.4 is 5.01 Å². The summed E-state index contributed by atoms with van der Waals surface area (Å²) in [5, 5.41) is 5.89. The number of nitrogens with zero attached hydrogens (tertiary/aromatic N) is 2. The van der Waals surface area contributed by atoms with Crippen molar-refractivity contribution in [3.63, 3.8) is 0 Å². The quantitative estimate of drug-likeness (QED) is 0.508. The summed E-state index contributed by atoms with van der Waals surface area (Å²) in [6, 6.07) is 8.13. The number of hydrogen-bond acceptors (Lipinski definition) is 2. The van der Waals surface area contributed by atoms with Gasteiger partial charge in [0.2, 0.25) is 0 Å². The van der Waals surface area contributed by atoms with E-state index in [-0.39, 0.29) is 0 Å². The normalized spacial score (nSPS) is 10.3. The Labute approximate surface area is 79.2 Å². The molecule has 1 rings (SSSR count). The third-order valence-electron chi connectivity index (χ3n) is 1.68. The van der Waals surface area contributed by atoms with Crippen LogP contribution in [0.5, 0.6) is 0 Å². The molecule has 0 aliphatic carbocycles. The Hall–Kier alpha value is -1.57. The van der Waals surface area contributed by atoms with Crippen LogP contribution in [0.1, 0.15) is 12.5 Å². The molecule has 1 aromatic rings. The molecule has 1 aromatic carbocycles. The van der Waals surface area contributed by atoms with Gasteiger partial charge in [-0.05, 0) is 31.5 Å². The van der Waals surface area contributed by atoms with Crippen LogP contribution in [0.25, 0.3) is 0 Å². The Balaban J connectivity index is 2.97. The summed E-state index contributed by atoms with van der Waals surface area (Å²) in [6.45, 7) is 7.64. The third kappa shape index (κ3) is 2.44. The van der Waals surface area contributed by atoms with Gasteiger partial charge in [-0.3, -0.25) is 0 Å². The van der Waals surface area contributed by atoms with Crippen molar-refractivity contribution in [2.75, 3.05) is 5.01 Å². The largest absolute Gasteiger partial charge is 0.242 e. The van der Waals surface area contributed by atoms with Gasteiger partial charge in [0.1, 0.15) is 0 Å². The maximum absolute atomic E-state index is 4.14. The molecular formula is C11H14N2. The zero-order valence-electron chi connectivity index (χ0n) is 8.07. The highest BCUT2D eigenvalue weighted by Gasteiger charge is 1.97. The molecule has 0 aromatic heterocycles. The minimum Gasteiger partial charge on any atom is -0.242 e. The fourth-order valence-electron chi connectivity index (χ4n) is 1.11. The number of rotatable bonds is 3. The Morgan fingerprint density at radius 3 is 2.77 bits per heavy atom. The van der Waals surface area contributed by atoms with Crippen LogP contribution in [0.3, 0.4) is 0 Å². The maximum atomic E-state index is 4.14. The molecule has 0 saturated carbocycles. The van der Waals surface area contributed by atoms with Crippen LogP contribution in [0.15, 0.2) is 42.1 Å². The van der Waals surface area contributed by atoms with Crippen LogP contribution in [-0.4, -0.2) is 6.21 Å². The summed E-state index contributed by atoms with van der Waals surface area (Å²) >= 11 is 0. The van der Waals surface area contributed by atoms with Crippen molar-refractivity contribution in [2.45, 2.75) is 13.8 Å². The minimum absolute atomic E-state index is 1.04. The molecule has 0 fully saturated rings. The van der Waals surface area contributed by atoms with Gasteiger partial charge in [-0.2, -0.15) is 5.10 Å². The highest BCUT2D eigenvalue weighted by Crippen LogP contribution is 2.15. The van der Waals surface area contributed by atoms with E-state index in [9.17, 15) is 0 Å². The lowest BCUT2D eigenvalue weighted by atomic mass is 10.2. The average Bonchev–Trinajstić information content (AvgIpc) is 2.14. The van der Waals surface area contributed by atoms with Gasteiger partial charge in [-0.1, -0.05) is 18.7 Å². The second-order valence-corrected chi connectivity index (χ2v) is 2.74. The molecule has 0 aliphatic rings. The smallest absolute Gasteiger partial charge is 0.0647 e. The fraction of sp³-hybridized carbons (Fsp3) is 0.182. The van der Waals surface area contributed by atoms with Gasteiger partial charge in [0.15, 0.2) is 0 Å². The molecule has 0 aliphatic heterocycles. The lowest BCUT2D eigenvalue weighted by Crippen LogP contribution is -2.06. The number of hydrogen-bond donors (Lipinski definition) is 0. The van der Waals surface area contributed by atoms with Gasteiger partial charge in [0.05, 0.1) is 5.69 Å². The Bertz CT molecular complexity index is 316. The molecule has 0 N–H and O–H groups in total. The number of aryl methyl sites for hydroxylation is 1. The molecule has 68 valence electrons. The van der Waals surface area contributed by atoms with Crippen molar-refractivity contribution in [2.24, 2.45) is 5.10 Å². The van der Waals surface area contributed by atoms with Crippen molar-refractivity contribution >= 4 is 11.9 Å². The van der Waals surface area contributed by atoms with Crippen LogP contribution >= 0.6 is 0 Å². The van der Waals surface area contributed by atoms with E-state index in [1.807, 2.05) is 19.1 Å². The predicted molar refractivity (Wildman–Crippen MR) is 58.0 cm³/mol. The first-order valence-corrected chi connectivity index (χ1v) is 4.25. The summed E-state index contributed by atoms with van der Waals surface area (Å²) in [6.07, 6.45) is 3.43.